The van der Waals surface area contributed by atoms with Crippen LogP contribution >= 0.6 is 0 Å². The Morgan fingerprint density at radius 1 is 1.24 bits per heavy atom. The molecule has 0 aliphatic carbocycles. The van der Waals surface area contributed by atoms with Crippen LogP contribution in [0.4, 0.5) is 0 Å². The Balaban J connectivity index is 1.74. The van der Waals surface area contributed by atoms with Crippen LogP contribution in [0.3, 0.4) is 0 Å². The zero-order valence-corrected chi connectivity index (χ0v) is 11.3. The second kappa shape index (κ2) is 5.69. The van der Waals surface area contributed by atoms with Crippen LogP contribution in [0.25, 0.3) is 0 Å². The Hall–Kier alpha value is -0.800. The molecular formula is C14H24N2O. The first-order valence-electron chi connectivity index (χ1n) is 6.62. The van der Waals surface area contributed by atoms with E-state index in [0.717, 1.165) is 11.5 Å². The SMILES string of the molecule is Cc1ccc(C(C)CCN2CCN(C)CC2)o1. The van der Waals surface area contributed by atoms with Gasteiger partial charge in [-0.15, -0.1) is 0 Å². The molecule has 2 heterocycles. The molecule has 0 spiro atoms. The average molecular weight is 236 g/mol. The van der Waals surface area contributed by atoms with Gasteiger partial charge in [-0.2, -0.15) is 0 Å². The molecule has 3 heteroatoms. The largest absolute Gasteiger partial charge is 0.466 e. The molecule has 0 aromatic carbocycles. The average Bonchev–Trinajstić information content (AvgIpc) is 2.75. The van der Waals surface area contributed by atoms with Crippen molar-refractivity contribution in [3.05, 3.63) is 23.7 Å². The van der Waals surface area contributed by atoms with E-state index in [1.54, 1.807) is 0 Å². The fraction of sp³-hybridized carbons (Fsp3) is 0.714. The lowest BCUT2D eigenvalue weighted by Crippen LogP contribution is -2.44. The van der Waals surface area contributed by atoms with Crippen LogP contribution in [-0.2, 0) is 0 Å². The Morgan fingerprint density at radius 2 is 1.94 bits per heavy atom. The number of furan rings is 1. The Bertz CT molecular complexity index is 340. The Kier molecular flexibility index (Phi) is 4.24. The molecule has 1 aliphatic heterocycles. The summed E-state index contributed by atoms with van der Waals surface area (Å²) in [6.07, 6.45) is 1.19. The lowest BCUT2D eigenvalue weighted by molar-refractivity contribution is 0.150. The van der Waals surface area contributed by atoms with E-state index < -0.39 is 0 Å². The van der Waals surface area contributed by atoms with Gasteiger partial charge in [0.15, 0.2) is 0 Å². The van der Waals surface area contributed by atoms with Gasteiger partial charge in [-0.05, 0) is 39.1 Å². The summed E-state index contributed by atoms with van der Waals surface area (Å²) in [7, 11) is 2.20. The molecule has 1 unspecified atom stereocenters. The number of piperazine rings is 1. The van der Waals surface area contributed by atoms with Crippen LogP contribution in [0.1, 0.15) is 30.8 Å². The van der Waals surface area contributed by atoms with Gasteiger partial charge in [0.05, 0.1) is 0 Å². The summed E-state index contributed by atoms with van der Waals surface area (Å²) in [5, 5.41) is 0. The fourth-order valence-corrected chi connectivity index (χ4v) is 2.31. The number of aryl methyl sites for hydroxylation is 1. The minimum atomic E-state index is 0.531. The minimum absolute atomic E-state index is 0.531. The van der Waals surface area contributed by atoms with E-state index in [-0.39, 0.29) is 0 Å². The van der Waals surface area contributed by atoms with E-state index in [1.807, 2.05) is 6.92 Å². The van der Waals surface area contributed by atoms with Crippen LogP contribution in [0.2, 0.25) is 0 Å². The molecule has 1 atom stereocenters. The number of nitrogens with zero attached hydrogens (tertiary/aromatic N) is 2. The first-order chi connectivity index (χ1) is 8.15. The topological polar surface area (TPSA) is 19.6 Å². The van der Waals surface area contributed by atoms with Crippen LogP contribution in [0.5, 0.6) is 0 Å². The number of likely N-dealkylation sites (N-methyl/N-ethyl adjacent to an activating group) is 1. The third-order valence-electron chi connectivity index (χ3n) is 3.72. The van der Waals surface area contributed by atoms with Gasteiger partial charge in [-0.25, -0.2) is 0 Å². The maximum Gasteiger partial charge on any atom is 0.107 e. The molecule has 0 radical (unpaired) electrons. The summed E-state index contributed by atoms with van der Waals surface area (Å²) in [6, 6.07) is 4.17. The van der Waals surface area contributed by atoms with Gasteiger partial charge in [-0.3, -0.25) is 0 Å². The number of hydrogen-bond acceptors (Lipinski definition) is 3. The van der Waals surface area contributed by atoms with Crippen LogP contribution in [0, 0.1) is 6.92 Å². The monoisotopic (exact) mass is 236 g/mol. The second-order valence-corrected chi connectivity index (χ2v) is 5.28. The van der Waals surface area contributed by atoms with E-state index in [0.29, 0.717) is 5.92 Å². The first kappa shape index (κ1) is 12.7. The maximum atomic E-state index is 5.68. The maximum absolute atomic E-state index is 5.68. The summed E-state index contributed by atoms with van der Waals surface area (Å²) >= 11 is 0. The number of hydrogen-bond donors (Lipinski definition) is 0. The van der Waals surface area contributed by atoms with Crippen LogP contribution < -0.4 is 0 Å². The first-order valence-corrected chi connectivity index (χ1v) is 6.62. The van der Waals surface area contributed by atoms with E-state index in [4.69, 9.17) is 4.42 Å². The van der Waals surface area contributed by atoms with Gasteiger partial charge in [0.25, 0.3) is 0 Å². The van der Waals surface area contributed by atoms with Crippen molar-refractivity contribution in [2.45, 2.75) is 26.2 Å². The van der Waals surface area contributed by atoms with E-state index in [1.165, 1.54) is 39.1 Å². The van der Waals surface area contributed by atoms with Crippen molar-refractivity contribution in [2.24, 2.45) is 0 Å². The van der Waals surface area contributed by atoms with Crippen molar-refractivity contribution in [3.8, 4) is 0 Å². The smallest absolute Gasteiger partial charge is 0.107 e. The van der Waals surface area contributed by atoms with E-state index in [9.17, 15) is 0 Å². The molecule has 0 bridgehead atoms. The molecule has 2 rings (SSSR count). The van der Waals surface area contributed by atoms with Crippen molar-refractivity contribution < 1.29 is 4.42 Å². The summed E-state index contributed by atoms with van der Waals surface area (Å²) in [5.74, 6) is 2.69. The lowest BCUT2D eigenvalue weighted by atomic mass is 10.0. The van der Waals surface area contributed by atoms with Crippen LogP contribution in [-0.4, -0.2) is 49.6 Å². The summed E-state index contributed by atoms with van der Waals surface area (Å²) in [5.41, 5.74) is 0. The molecule has 96 valence electrons. The van der Waals surface area contributed by atoms with Gasteiger partial charge in [0.1, 0.15) is 11.5 Å². The third kappa shape index (κ3) is 3.58. The van der Waals surface area contributed by atoms with E-state index >= 15 is 0 Å². The summed E-state index contributed by atoms with van der Waals surface area (Å²) in [6.45, 7) is 10.3. The Labute approximate surface area is 104 Å². The zero-order valence-electron chi connectivity index (χ0n) is 11.3. The highest BCUT2D eigenvalue weighted by atomic mass is 16.3. The molecule has 1 aromatic rings. The summed E-state index contributed by atoms with van der Waals surface area (Å²) in [4.78, 5) is 4.96. The van der Waals surface area contributed by atoms with Crippen molar-refractivity contribution in [1.82, 2.24) is 9.80 Å². The molecular weight excluding hydrogens is 212 g/mol. The molecule has 1 fully saturated rings. The lowest BCUT2D eigenvalue weighted by Gasteiger charge is -2.32. The van der Waals surface area contributed by atoms with Gasteiger partial charge in [0, 0.05) is 32.1 Å². The van der Waals surface area contributed by atoms with Gasteiger partial charge in [-0.1, -0.05) is 6.92 Å². The zero-order chi connectivity index (χ0) is 12.3. The van der Waals surface area contributed by atoms with Crippen molar-refractivity contribution >= 4 is 0 Å². The predicted molar refractivity (Wildman–Crippen MR) is 70.4 cm³/mol. The molecule has 0 N–H and O–H groups in total. The summed E-state index contributed by atoms with van der Waals surface area (Å²) < 4.78 is 5.68. The molecule has 3 nitrogen and oxygen atoms in total. The van der Waals surface area contributed by atoms with Gasteiger partial charge in [0.2, 0.25) is 0 Å². The highest BCUT2D eigenvalue weighted by Gasteiger charge is 2.16. The standard InChI is InChI=1S/C14H24N2O/c1-12(14-5-4-13(2)17-14)6-7-16-10-8-15(3)9-11-16/h4-5,12H,6-11H2,1-3H3. The van der Waals surface area contributed by atoms with Gasteiger partial charge >= 0.3 is 0 Å². The van der Waals surface area contributed by atoms with Crippen molar-refractivity contribution in [1.29, 1.82) is 0 Å². The minimum Gasteiger partial charge on any atom is -0.466 e. The highest BCUT2D eigenvalue weighted by Crippen LogP contribution is 2.21. The third-order valence-corrected chi connectivity index (χ3v) is 3.72. The molecule has 1 aromatic heterocycles. The Morgan fingerprint density at radius 3 is 2.53 bits per heavy atom. The molecule has 0 saturated carbocycles. The predicted octanol–water partition coefficient (Wildman–Crippen LogP) is 2.33. The van der Waals surface area contributed by atoms with E-state index in [2.05, 4.69) is 35.9 Å². The fourth-order valence-electron chi connectivity index (χ4n) is 2.31. The molecule has 1 saturated heterocycles. The molecule has 0 amide bonds. The van der Waals surface area contributed by atoms with Crippen molar-refractivity contribution in [3.63, 3.8) is 0 Å². The second-order valence-electron chi connectivity index (χ2n) is 5.28. The van der Waals surface area contributed by atoms with Crippen molar-refractivity contribution in [2.75, 3.05) is 39.8 Å². The normalized spacial score (nSPS) is 20.6. The van der Waals surface area contributed by atoms with Crippen LogP contribution in [0.15, 0.2) is 16.5 Å². The number of rotatable bonds is 4. The van der Waals surface area contributed by atoms with Gasteiger partial charge < -0.3 is 14.2 Å². The molecule has 17 heavy (non-hydrogen) atoms. The highest BCUT2D eigenvalue weighted by molar-refractivity contribution is 5.09. The molecule has 1 aliphatic rings. The quantitative estimate of drug-likeness (QED) is 0.800.